The van der Waals surface area contributed by atoms with Crippen LogP contribution < -0.4 is 0 Å². The van der Waals surface area contributed by atoms with Gasteiger partial charge in [-0.1, -0.05) is 36.4 Å². The van der Waals surface area contributed by atoms with Gasteiger partial charge in [-0.05, 0) is 41.5 Å². The van der Waals surface area contributed by atoms with Crippen molar-refractivity contribution in [2.24, 2.45) is 0 Å². The Morgan fingerprint density at radius 2 is 1.28 bits per heavy atom. The molecule has 0 bridgehead atoms. The van der Waals surface area contributed by atoms with Crippen LogP contribution in [0.4, 0.5) is 26.3 Å². The second kappa shape index (κ2) is 10.5. The van der Waals surface area contributed by atoms with Crippen molar-refractivity contribution in [2.75, 3.05) is 6.61 Å². The van der Waals surface area contributed by atoms with Crippen LogP contribution in [0.2, 0.25) is 0 Å². The quantitative estimate of drug-likeness (QED) is 0.508. The van der Waals surface area contributed by atoms with E-state index in [1.54, 1.807) is 6.07 Å². The molecule has 3 nitrogen and oxygen atoms in total. The van der Waals surface area contributed by atoms with Crippen LogP contribution in [0.5, 0.6) is 0 Å². The molecule has 2 rings (SSSR count). The summed E-state index contributed by atoms with van der Waals surface area (Å²) in [4.78, 5) is 10.1. The van der Waals surface area contributed by atoms with Crippen LogP contribution in [0.15, 0.2) is 60.7 Å². The number of aliphatic hydroxyl groups excluding tert-OH is 1. The van der Waals surface area contributed by atoms with Crippen molar-refractivity contribution in [3.63, 3.8) is 0 Å². The largest absolute Gasteiger partial charge is 0.478 e. The molecule has 0 fully saturated rings. The van der Waals surface area contributed by atoms with E-state index in [0.717, 1.165) is 36.4 Å². The minimum atomic E-state index is -4.41. The molecule has 0 spiro atoms. The van der Waals surface area contributed by atoms with Crippen molar-refractivity contribution in [3.8, 4) is 0 Å². The molecule has 0 aromatic heterocycles. The maximum atomic E-state index is 12.2. The van der Waals surface area contributed by atoms with Gasteiger partial charge in [-0.2, -0.15) is 26.3 Å². The third kappa shape index (κ3) is 9.11. The average Bonchev–Trinajstić information content (AvgIpc) is 2.64. The topological polar surface area (TPSA) is 57.5 Å². The number of alkyl halides is 6. The van der Waals surface area contributed by atoms with Gasteiger partial charge in [-0.3, -0.25) is 0 Å². The highest BCUT2D eigenvalue weighted by Crippen LogP contribution is 2.30. The number of carboxylic acids is 1. The first-order chi connectivity index (χ1) is 13.4. The monoisotopic (exact) mass is 418 g/mol. The molecule has 2 aromatic carbocycles. The molecule has 2 aromatic rings. The molecule has 0 radical (unpaired) electrons. The highest BCUT2D eigenvalue weighted by Gasteiger charge is 2.30. The van der Waals surface area contributed by atoms with E-state index in [9.17, 15) is 31.1 Å². The summed E-state index contributed by atoms with van der Waals surface area (Å²) in [5.41, 5.74) is -0.853. The van der Waals surface area contributed by atoms with Gasteiger partial charge in [0.25, 0.3) is 0 Å². The molecule has 156 valence electrons. The molecule has 0 unspecified atom stereocenters. The zero-order chi connectivity index (χ0) is 22.1. The summed E-state index contributed by atoms with van der Waals surface area (Å²) in [6.07, 6.45) is -4.01. The Morgan fingerprint density at radius 1 is 0.828 bits per heavy atom. The number of hydrogen-bond donors (Lipinski definition) is 2. The average molecular weight is 418 g/mol. The molecule has 29 heavy (non-hydrogen) atoms. The van der Waals surface area contributed by atoms with E-state index < -0.39 is 29.4 Å². The Balaban J connectivity index is 0.000000291. The van der Waals surface area contributed by atoms with Gasteiger partial charge in [0.15, 0.2) is 0 Å². The van der Waals surface area contributed by atoms with Gasteiger partial charge in [0.2, 0.25) is 0 Å². The lowest BCUT2D eigenvalue weighted by Crippen LogP contribution is -2.04. The summed E-state index contributed by atoms with van der Waals surface area (Å²) in [6, 6.07) is 9.36. The number of benzene rings is 2. The highest BCUT2D eigenvalue weighted by atomic mass is 19.4. The lowest BCUT2D eigenvalue weighted by atomic mass is 10.1. The second-order valence-electron chi connectivity index (χ2n) is 5.50. The summed E-state index contributed by atoms with van der Waals surface area (Å²) in [5, 5.41) is 16.7. The fourth-order valence-electron chi connectivity index (χ4n) is 1.99. The van der Waals surface area contributed by atoms with Crippen LogP contribution in [-0.4, -0.2) is 22.8 Å². The Kier molecular flexibility index (Phi) is 8.65. The normalized spacial score (nSPS) is 12.1. The summed E-state index contributed by atoms with van der Waals surface area (Å²) in [5.74, 6) is -1.20. The Labute approximate surface area is 162 Å². The highest BCUT2D eigenvalue weighted by molar-refractivity contribution is 5.85. The van der Waals surface area contributed by atoms with Crippen LogP contribution in [-0.2, 0) is 17.1 Å². The molecule has 0 amide bonds. The van der Waals surface area contributed by atoms with Crippen molar-refractivity contribution >= 4 is 18.1 Å². The molecule has 9 heteroatoms. The van der Waals surface area contributed by atoms with E-state index in [4.69, 9.17) is 10.2 Å². The van der Waals surface area contributed by atoms with Gasteiger partial charge in [0, 0.05) is 6.08 Å². The number of aliphatic carboxylic acids is 1. The minimum Gasteiger partial charge on any atom is -0.478 e. The third-order valence-electron chi connectivity index (χ3n) is 3.26. The Hall–Kier alpha value is -3.07. The minimum absolute atomic E-state index is 0.184. The molecule has 0 atom stereocenters. The standard InChI is InChI=1S/C10H7F3O2.C10H9F3O/c11-10(12,13)8-3-1-2-7(6-8)4-5-9(14)15;11-10(12,13)9-5-1-3-8(7-9)4-2-6-14/h1-6H,(H,14,15);1-5,7,14H,6H2/b5-4+;4-2+. The van der Waals surface area contributed by atoms with Gasteiger partial charge in [-0.15, -0.1) is 0 Å². The van der Waals surface area contributed by atoms with Gasteiger partial charge < -0.3 is 10.2 Å². The first-order valence-electron chi connectivity index (χ1n) is 7.96. The molecule has 0 saturated heterocycles. The molecule has 0 aliphatic carbocycles. The predicted octanol–water partition coefficient (Wildman–Crippen LogP) is 5.51. The SMILES string of the molecule is O=C(O)/C=C/c1cccc(C(F)(F)F)c1.OC/C=C/c1cccc(C(F)(F)F)c1. The van der Waals surface area contributed by atoms with E-state index in [0.29, 0.717) is 5.56 Å². The fourth-order valence-corrected chi connectivity index (χ4v) is 1.99. The van der Waals surface area contributed by atoms with Gasteiger partial charge in [0.1, 0.15) is 0 Å². The van der Waals surface area contributed by atoms with Crippen LogP contribution in [0.3, 0.4) is 0 Å². The summed E-state index contributed by atoms with van der Waals surface area (Å²) < 4.78 is 73.3. The van der Waals surface area contributed by atoms with Gasteiger partial charge >= 0.3 is 18.3 Å². The third-order valence-corrected chi connectivity index (χ3v) is 3.26. The fraction of sp³-hybridized carbons (Fsp3) is 0.150. The van der Waals surface area contributed by atoms with Crippen molar-refractivity contribution in [3.05, 3.63) is 82.9 Å². The zero-order valence-corrected chi connectivity index (χ0v) is 14.7. The summed E-state index contributed by atoms with van der Waals surface area (Å²) in [7, 11) is 0. The number of carboxylic acid groups (broad SMARTS) is 1. The first-order valence-corrected chi connectivity index (χ1v) is 7.96. The van der Waals surface area contributed by atoms with Crippen LogP contribution in [0, 0.1) is 0 Å². The van der Waals surface area contributed by atoms with Gasteiger partial charge in [0.05, 0.1) is 17.7 Å². The number of carbonyl (C=O) groups is 1. The van der Waals surface area contributed by atoms with E-state index in [1.807, 2.05) is 0 Å². The molecule has 0 heterocycles. The molecular formula is C20H16F6O3. The predicted molar refractivity (Wildman–Crippen MR) is 95.7 cm³/mol. The molecule has 0 aliphatic heterocycles. The van der Waals surface area contributed by atoms with Crippen molar-refractivity contribution in [1.82, 2.24) is 0 Å². The lowest BCUT2D eigenvalue weighted by molar-refractivity contribution is -0.138. The summed E-state index contributed by atoms with van der Waals surface area (Å²) in [6.45, 7) is -0.184. The molecule has 2 N–H and O–H groups in total. The lowest BCUT2D eigenvalue weighted by Gasteiger charge is -2.06. The number of hydrogen-bond acceptors (Lipinski definition) is 2. The molecule has 0 saturated carbocycles. The smallest absolute Gasteiger partial charge is 0.416 e. The zero-order valence-electron chi connectivity index (χ0n) is 14.7. The van der Waals surface area contributed by atoms with Gasteiger partial charge in [-0.25, -0.2) is 4.79 Å². The molecule has 0 aliphatic rings. The van der Waals surface area contributed by atoms with Crippen LogP contribution in [0.1, 0.15) is 22.3 Å². The van der Waals surface area contributed by atoms with Crippen molar-refractivity contribution < 1.29 is 41.4 Å². The van der Waals surface area contributed by atoms with E-state index in [1.165, 1.54) is 30.4 Å². The maximum Gasteiger partial charge on any atom is 0.416 e. The number of aliphatic hydroxyl groups is 1. The number of rotatable bonds is 4. The summed E-state index contributed by atoms with van der Waals surface area (Å²) >= 11 is 0. The maximum absolute atomic E-state index is 12.2. The van der Waals surface area contributed by atoms with Crippen molar-refractivity contribution in [1.29, 1.82) is 0 Å². The van der Waals surface area contributed by atoms with Crippen molar-refractivity contribution in [2.45, 2.75) is 12.4 Å². The van der Waals surface area contributed by atoms with E-state index in [2.05, 4.69) is 0 Å². The van der Waals surface area contributed by atoms with E-state index in [-0.39, 0.29) is 12.2 Å². The van der Waals surface area contributed by atoms with Crippen LogP contribution in [0.25, 0.3) is 12.2 Å². The first kappa shape index (κ1) is 24.0. The van der Waals surface area contributed by atoms with Crippen LogP contribution >= 0.6 is 0 Å². The second-order valence-corrected chi connectivity index (χ2v) is 5.50. The van der Waals surface area contributed by atoms with E-state index >= 15 is 0 Å². The number of halogens is 6. The Bertz CT molecular complexity index is 867. The Morgan fingerprint density at radius 3 is 1.66 bits per heavy atom. The molecular weight excluding hydrogens is 402 g/mol.